The van der Waals surface area contributed by atoms with Gasteiger partial charge in [-0.05, 0) is 75.7 Å². The minimum atomic E-state index is -4.52. The van der Waals surface area contributed by atoms with Crippen LogP contribution >= 0.6 is 11.3 Å². The number of aliphatic imine (C=N–C) groups is 1. The van der Waals surface area contributed by atoms with Crippen LogP contribution in [0.15, 0.2) is 34.8 Å². The van der Waals surface area contributed by atoms with Gasteiger partial charge in [-0.2, -0.15) is 13.2 Å². The molecule has 0 bridgehead atoms. The van der Waals surface area contributed by atoms with Crippen LogP contribution in [0.5, 0.6) is 0 Å². The summed E-state index contributed by atoms with van der Waals surface area (Å²) in [6, 6.07) is 6.38. The summed E-state index contributed by atoms with van der Waals surface area (Å²) in [5.74, 6) is -0.00228. The van der Waals surface area contributed by atoms with Crippen LogP contribution in [0.2, 0.25) is 0 Å². The number of unbranched alkanes of at least 4 members (excludes halogenated alkanes) is 2. The van der Waals surface area contributed by atoms with Crippen LogP contribution < -0.4 is 11.5 Å². The molecule has 2 heterocycles. The smallest absolute Gasteiger partial charge is 0.387 e. The first kappa shape index (κ1) is 29.9. The van der Waals surface area contributed by atoms with E-state index in [1.165, 1.54) is 17.0 Å². The lowest BCUT2D eigenvalue weighted by Gasteiger charge is -2.26. The zero-order valence-electron chi connectivity index (χ0n) is 22.4. The molecule has 3 rings (SSSR count). The largest absolute Gasteiger partial charge is 0.416 e. The number of amidine groups is 1. The van der Waals surface area contributed by atoms with E-state index in [2.05, 4.69) is 4.99 Å². The van der Waals surface area contributed by atoms with E-state index >= 15 is 0 Å². The van der Waals surface area contributed by atoms with Gasteiger partial charge in [-0.15, -0.1) is 11.3 Å². The van der Waals surface area contributed by atoms with Crippen molar-refractivity contribution in [1.29, 1.82) is 0 Å². The number of alkyl halides is 3. The van der Waals surface area contributed by atoms with Crippen molar-refractivity contribution in [2.45, 2.75) is 64.7 Å². The van der Waals surface area contributed by atoms with E-state index in [0.29, 0.717) is 43.0 Å². The van der Waals surface area contributed by atoms with Gasteiger partial charge in [0.15, 0.2) is 0 Å². The van der Waals surface area contributed by atoms with Crippen molar-refractivity contribution in [3.8, 4) is 0 Å². The Morgan fingerprint density at radius 2 is 1.89 bits per heavy atom. The Hall–Kier alpha value is -2.69. The Bertz CT molecular complexity index is 1170. The van der Waals surface area contributed by atoms with Gasteiger partial charge in [0.1, 0.15) is 5.84 Å². The molecule has 1 amide bonds. The average molecular weight is 550 g/mol. The molecule has 0 atom stereocenters. The molecular weight excluding hydrogens is 511 g/mol. The molecule has 1 aliphatic heterocycles. The van der Waals surface area contributed by atoms with Gasteiger partial charge < -0.3 is 21.3 Å². The molecule has 0 saturated carbocycles. The summed E-state index contributed by atoms with van der Waals surface area (Å²) in [7, 11) is 3.62. The van der Waals surface area contributed by atoms with E-state index in [-0.39, 0.29) is 24.4 Å². The summed E-state index contributed by atoms with van der Waals surface area (Å²) >= 11 is 1.58. The second-order valence-electron chi connectivity index (χ2n) is 9.96. The molecule has 0 radical (unpaired) electrons. The van der Waals surface area contributed by atoms with Gasteiger partial charge in [0, 0.05) is 36.5 Å². The minimum absolute atomic E-state index is 0.0780. The highest BCUT2D eigenvalue weighted by Crippen LogP contribution is 2.37. The summed E-state index contributed by atoms with van der Waals surface area (Å²) < 4.78 is 42.0. The molecule has 1 aromatic carbocycles. The molecule has 0 unspecified atom stereocenters. The zero-order valence-corrected chi connectivity index (χ0v) is 23.2. The fourth-order valence-electron chi connectivity index (χ4n) is 4.54. The first-order valence-corrected chi connectivity index (χ1v) is 13.8. The van der Waals surface area contributed by atoms with E-state index in [4.69, 9.17) is 11.5 Å². The highest BCUT2D eigenvalue weighted by Gasteiger charge is 2.34. The predicted octanol–water partition coefficient (Wildman–Crippen LogP) is 5.71. The van der Waals surface area contributed by atoms with E-state index in [9.17, 15) is 18.0 Å². The number of aryl methyl sites for hydroxylation is 1. The number of carbonyl (C=O) groups excluding carboxylic acids is 1. The molecule has 0 spiro atoms. The Morgan fingerprint density at radius 3 is 2.55 bits per heavy atom. The average Bonchev–Trinajstić information content (AvgIpc) is 3.13. The molecule has 0 aliphatic carbocycles. The number of nitrogens with zero attached hydrogens (tertiary/aromatic N) is 3. The summed E-state index contributed by atoms with van der Waals surface area (Å²) in [5.41, 5.74) is 12.9. The number of rotatable bonds is 12. The molecule has 10 heteroatoms. The first-order chi connectivity index (χ1) is 18.0. The van der Waals surface area contributed by atoms with Crippen LogP contribution in [-0.4, -0.2) is 48.7 Å². The molecule has 38 heavy (non-hydrogen) atoms. The predicted molar refractivity (Wildman–Crippen MR) is 149 cm³/mol. The normalized spacial score (nSPS) is 13.7. The number of carbonyl (C=O) groups is 1. The van der Waals surface area contributed by atoms with E-state index in [1.807, 2.05) is 38.1 Å². The molecular formula is C28H38F3N5OS. The molecule has 0 fully saturated rings. The van der Waals surface area contributed by atoms with Crippen LogP contribution in [0.3, 0.4) is 0 Å². The highest BCUT2D eigenvalue weighted by atomic mass is 32.1. The van der Waals surface area contributed by atoms with Gasteiger partial charge in [0.25, 0.3) is 5.91 Å². The number of benzene rings is 1. The van der Waals surface area contributed by atoms with Gasteiger partial charge in [-0.25, -0.2) is 4.99 Å². The monoisotopic (exact) mass is 549 g/mol. The number of amides is 1. The van der Waals surface area contributed by atoms with Crippen molar-refractivity contribution in [3.63, 3.8) is 0 Å². The standard InChI is InChI=1S/C28H38F3N5OS/c1-4-12-36(18-20-10-9-19(17-35(2)3)13-23(20)28(29,30)31)27(37)21-14-25-24(34-26(33)15-21)16-22(38-25)8-6-5-7-11-32/h9-10,13-14,16H,4-8,11-12,15,17-18,32H2,1-3H3,(H2,33,34). The lowest BCUT2D eigenvalue weighted by Crippen LogP contribution is -2.34. The molecule has 4 N–H and O–H groups in total. The second-order valence-corrected chi connectivity index (χ2v) is 11.1. The Balaban J connectivity index is 1.88. The molecule has 1 aliphatic rings. The summed E-state index contributed by atoms with van der Waals surface area (Å²) in [5, 5.41) is 0. The SMILES string of the molecule is CCCN(Cc1ccc(CN(C)C)cc1C(F)(F)F)C(=O)C1=Cc2sc(CCCCCN)cc2N=C(N)C1. The first-order valence-electron chi connectivity index (χ1n) is 13.0. The third-order valence-electron chi connectivity index (χ3n) is 6.25. The fraction of sp³-hybridized carbons (Fsp3) is 0.500. The van der Waals surface area contributed by atoms with Crippen molar-refractivity contribution in [2.75, 3.05) is 27.2 Å². The lowest BCUT2D eigenvalue weighted by atomic mass is 10.0. The van der Waals surface area contributed by atoms with E-state index in [0.717, 1.165) is 41.1 Å². The quantitative estimate of drug-likeness (QED) is 0.332. The lowest BCUT2D eigenvalue weighted by molar-refractivity contribution is -0.139. The third-order valence-corrected chi connectivity index (χ3v) is 7.39. The minimum Gasteiger partial charge on any atom is -0.387 e. The van der Waals surface area contributed by atoms with Crippen LogP contribution in [0.4, 0.5) is 18.9 Å². The van der Waals surface area contributed by atoms with E-state index < -0.39 is 11.7 Å². The molecule has 0 saturated heterocycles. The van der Waals surface area contributed by atoms with Gasteiger partial charge in [-0.3, -0.25) is 4.79 Å². The summed E-state index contributed by atoms with van der Waals surface area (Å²) in [4.78, 5) is 23.5. The number of hydrogen-bond donors (Lipinski definition) is 2. The van der Waals surface area contributed by atoms with Gasteiger partial charge >= 0.3 is 6.18 Å². The maximum absolute atomic E-state index is 14.0. The second kappa shape index (κ2) is 13.4. The maximum atomic E-state index is 14.0. The molecule has 6 nitrogen and oxygen atoms in total. The topological polar surface area (TPSA) is 88.0 Å². The zero-order chi connectivity index (χ0) is 27.9. The third kappa shape index (κ3) is 8.15. The van der Waals surface area contributed by atoms with Gasteiger partial charge in [0.2, 0.25) is 0 Å². The van der Waals surface area contributed by atoms with Crippen molar-refractivity contribution in [3.05, 3.63) is 56.3 Å². The van der Waals surface area contributed by atoms with Crippen molar-refractivity contribution >= 4 is 34.8 Å². The number of nitrogens with two attached hydrogens (primary N) is 2. The van der Waals surface area contributed by atoms with E-state index in [1.54, 1.807) is 17.4 Å². The number of thiophene rings is 1. The highest BCUT2D eigenvalue weighted by molar-refractivity contribution is 7.13. The Labute approximate surface area is 227 Å². The van der Waals surface area contributed by atoms with Crippen molar-refractivity contribution in [2.24, 2.45) is 16.5 Å². The van der Waals surface area contributed by atoms with Crippen LogP contribution in [0.25, 0.3) is 6.08 Å². The number of halogens is 3. The maximum Gasteiger partial charge on any atom is 0.416 e. The molecule has 208 valence electrons. The number of hydrogen-bond acceptors (Lipinski definition) is 6. The molecule has 1 aromatic heterocycles. The van der Waals surface area contributed by atoms with Crippen LogP contribution in [0, 0.1) is 0 Å². The summed E-state index contributed by atoms with van der Waals surface area (Å²) in [6.07, 6.45) is 2.00. The number of fused-ring (bicyclic) bond motifs is 1. The van der Waals surface area contributed by atoms with Crippen LogP contribution in [0.1, 0.15) is 65.5 Å². The fourth-order valence-corrected chi connectivity index (χ4v) is 5.65. The Kier molecular flexibility index (Phi) is 10.5. The van der Waals surface area contributed by atoms with Crippen molar-refractivity contribution in [1.82, 2.24) is 9.80 Å². The van der Waals surface area contributed by atoms with Gasteiger partial charge in [-0.1, -0.05) is 25.5 Å². The Morgan fingerprint density at radius 1 is 1.13 bits per heavy atom. The summed E-state index contributed by atoms with van der Waals surface area (Å²) in [6.45, 7) is 3.16. The van der Waals surface area contributed by atoms with Crippen LogP contribution in [-0.2, 0) is 30.5 Å². The van der Waals surface area contributed by atoms with Crippen molar-refractivity contribution < 1.29 is 18.0 Å². The van der Waals surface area contributed by atoms with Gasteiger partial charge in [0.05, 0.1) is 16.1 Å². The molecule has 2 aromatic rings.